The lowest BCUT2D eigenvalue weighted by Crippen LogP contribution is -2.31. The Labute approximate surface area is 205 Å². The first-order valence-corrected chi connectivity index (χ1v) is 12.3. The van der Waals surface area contributed by atoms with Gasteiger partial charge in [0.15, 0.2) is 0 Å². The summed E-state index contributed by atoms with van der Waals surface area (Å²) in [4.78, 5) is 33.3. The maximum absolute atomic E-state index is 13.5. The van der Waals surface area contributed by atoms with Crippen molar-refractivity contribution >= 4 is 28.4 Å². The maximum atomic E-state index is 13.5. The van der Waals surface area contributed by atoms with Crippen molar-refractivity contribution in [1.82, 2.24) is 9.88 Å². The SMILES string of the molecule is Cc1ccc2nc(-c3ccccc3)cc(C(=O)Nc3cccc(C(=O)N4CCCCCC4)c3)c2c1. The Bertz CT molecular complexity index is 1370. The minimum atomic E-state index is -0.223. The summed E-state index contributed by atoms with van der Waals surface area (Å²) < 4.78 is 0. The van der Waals surface area contributed by atoms with E-state index in [-0.39, 0.29) is 11.8 Å². The number of pyridine rings is 1. The van der Waals surface area contributed by atoms with E-state index in [2.05, 4.69) is 5.32 Å². The second-order valence-corrected chi connectivity index (χ2v) is 9.18. The number of nitrogens with one attached hydrogen (secondary N) is 1. The van der Waals surface area contributed by atoms with Crippen LogP contribution in [0.4, 0.5) is 5.69 Å². The van der Waals surface area contributed by atoms with Crippen molar-refractivity contribution in [2.75, 3.05) is 18.4 Å². The molecule has 0 unspecified atom stereocenters. The van der Waals surface area contributed by atoms with Gasteiger partial charge in [0, 0.05) is 35.3 Å². The molecule has 0 bridgehead atoms. The highest BCUT2D eigenvalue weighted by atomic mass is 16.2. The molecule has 1 aliphatic heterocycles. The van der Waals surface area contributed by atoms with Gasteiger partial charge in [-0.3, -0.25) is 9.59 Å². The molecule has 0 aliphatic carbocycles. The van der Waals surface area contributed by atoms with Gasteiger partial charge in [0.1, 0.15) is 0 Å². The van der Waals surface area contributed by atoms with Crippen LogP contribution < -0.4 is 5.32 Å². The average Bonchev–Trinajstić information content (AvgIpc) is 3.18. The maximum Gasteiger partial charge on any atom is 0.256 e. The molecule has 0 saturated carbocycles. The molecule has 1 saturated heterocycles. The van der Waals surface area contributed by atoms with Crippen molar-refractivity contribution in [2.45, 2.75) is 32.6 Å². The molecule has 1 aromatic heterocycles. The number of anilines is 1. The molecular formula is C30H29N3O2. The summed E-state index contributed by atoms with van der Waals surface area (Å²) in [7, 11) is 0. The van der Waals surface area contributed by atoms with E-state index in [4.69, 9.17) is 4.98 Å². The molecule has 1 aliphatic rings. The van der Waals surface area contributed by atoms with Crippen molar-refractivity contribution in [2.24, 2.45) is 0 Å². The Hall–Kier alpha value is -3.99. The first-order chi connectivity index (χ1) is 17.1. The van der Waals surface area contributed by atoms with E-state index < -0.39 is 0 Å². The van der Waals surface area contributed by atoms with Gasteiger partial charge in [-0.2, -0.15) is 0 Å². The van der Waals surface area contributed by atoms with Crippen molar-refractivity contribution in [3.63, 3.8) is 0 Å². The minimum Gasteiger partial charge on any atom is -0.339 e. The van der Waals surface area contributed by atoms with Gasteiger partial charge in [0.25, 0.3) is 11.8 Å². The molecule has 5 nitrogen and oxygen atoms in total. The number of hydrogen-bond donors (Lipinski definition) is 1. The molecule has 0 radical (unpaired) electrons. The largest absolute Gasteiger partial charge is 0.339 e. The van der Waals surface area contributed by atoms with E-state index in [0.29, 0.717) is 16.8 Å². The lowest BCUT2D eigenvalue weighted by Gasteiger charge is -2.20. The van der Waals surface area contributed by atoms with Crippen LogP contribution in [0.25, 0.3) is 22.2 Å². The Kier molecular flexibility index (Phi) is 6.57. The summed E-state index contributed by atoms with van der Waals surface area (Å²) in [6, 6.07) is 24.9. The van der Waals surface area contributed by atoms with Gasteiger partial charge in [-0.25, -0.2) is 4.98 Å². The van der Waals surface area contributed by atoms with E-state index in [9.17, 15) is 9.59 Å². The van der Waals surface area contributed by atoms with Crippen LogP contribution in [0.5, 0.6) is 0 Å². The molecule has 35 heavy (non-hydrogen) atoms. The number of aromatic nitrogens is 1. The quantitative estimate of drug-likeness (QED) is 0.377. The number of likely N-dealkylation sites (tertiary alicyclic amines) is 1. The van der Waals surface area contributed by atoms with E-state index >= 15 is 0 Å². The van der Waals surface area contributed by atoms with Crippen LogP contribution in [0, 0.1) is 6.92 Å². The Morgan fingerprint density at radius 2 is 1.60 bits per heavy atom. The van der Waals surface area contributed by atoms with Gasteiger partial charge < -0.3 is 10.2 Å². The molecule has 3 aromatic carbocycles. The predicted octanol–water partition coefficient (Wildman–Crippen LogP) is 6.48. The van der Waals surface area contributed by atoms with Crippen LogP contribution in [-0.2, 0) is 0 Å². The fraction of sp³-hybridized carbons (Fsp3) is 0.233. The number of aryl methyl sites for hydroxylation is 1. The Balaban J connectivity index is 1.46. The van der Waals surface area contributed by atoms with Crippen LogP contribution in [-0.4, -0.2) is 34.8 Å². The summed E-state index contributed by atoms with van der Waals surface area (Å²) in [6.45, 7) is 3.59. The highest BCUT2D eigenvalue weighted by Crippen LogP contribution is 2.27. The Morgan fingerprint density at radius 3 is 2.37 bits per heavy atom. The second kappa shape index (κ2) is 10.1. The molecule has 1 fully saturated rings. The number of carbonyl (C=O) groups is 2. The van der Waals surface area contributed by atoms with Gasteiger partial charge in [0.2, 0.25) is 0 Å². The summed E-state index contributed by atoms with van der Waals surface area (Å²) >= 11 is 0. The summed E-state index contributed by atoms with van der Waals surface area (Å²) in [5.41, 5.74) is 5.30. The minimum absolute atomic E-state index is 0.0272. The number of carbonyl (C=O) groups excluding carboxylic acids is 2. The van der Waals surface area contributed by atoms with Crippen LogP contribution in [0.3, 0.4) is 0 Å². The van der Waals surface area contributed by atoms with Crippen LogP contribution in [0.2, 0.25) is 0 Å². The molecule has 2 heterocycles. The number of fused-ring (bicyclic) bond motifs is 1. The molecule has 5 heteroatoms. The molecule has 0 atom stereocenters. The number of benzene rings is 3. The first-order valence-electron chi connectivity index (χ1n) is 12.3. The third-order valence-corrected chi connectivity index (χ3v) is 6.54. The summed E-state index contributed by atoms with van der Waals surface area (Å²) in [5, 5.41) is 3.83. The van der Waals surface area contributed by atoms with Crippen molar-refractivity contribution in [1.29, 1.82) is 0 Å². The number of rotatable bonds is 4. The molecule has 4 aromatic rings. The topological polar surface area (TPSA) is 62.3 Å². The second-order valence-electron chi connectivity index (χ2n) is 9.18. The van der Waals surface area contributed by atoms with Gasteiger partial charge >= 0.3 is 0 Å². The zero-order valence-electron chi connectivity index (χ0n) is 20.0. The predicted molar refractivity (Wildman–Crippen MR) is 141 cm³/mol. The fourth-order valence-corrected chi connectivity index (χ4v) is 4.67. The van der Waals surface area contributed by atoms with E-state index in [1.807, 2.05) is 84.6 Å². The van der Waals surface area contributed by atoms with E-state index in [0.717, 1.165) is 53.7 Å². The first kappa shape index (κ1) is 22.8. The lowest BCUT2D eigenvalue weighted by atomic mass is 10.0. The number of nitrogens with zero attached hydrogens (tertiary/aromatic N) is 2. The monoisotopic (exact) mass is 463 g/mol. The third kappa shape index (κ3) is 5.09. The van der Waals surface area contributed by atoms with Gasteiger partial charge in [-0.1, -0.05) is 60.9 Å². The lowest BCUT2D eigenvalue weighted by molar-refractivity contribution is 0.0761. The normalized spacial score (nSPS) is 13.9. The van der Waals surface area contributed by atoms with Crippen molar-refractivity contribution in [3.8, 4) is 11.3 Å². The van der Waals surface area contributed by atoms with Gasteiger partial charge in [-0.05, 0) is 56.2 Å². The Morgan fingerprint density at radius 1 is 0.829 bits per heavy atom. The highest BCUT2D eigenvalue weighted by Gasteiger charge is 2.19. The molecule has 1 N–H and O–H groups in total. The molecular weight excluding hydrogens is 434 g/mol. The van der Waals surface area contributed by atoms with E-state index in [1.165, 1.54) is 12.8 Å². The third-order valence-electron chi connectivity index (χ3n) is 6.54. The van der Waals surface area contributed by atoms with Gasteiger partial charge in [0.05, 0.1) is 16.8 Å². The number of amides is 2. The van der Waals surface area contributed by atoms with Crippen LogP contribution in [0.1, 0.15) is 52.0 Å². The zero-order valence-corrected chi connectivity index (χ0v) is 20.0. The molecule has 2 amide bonds. The fourth-order valence-electron chi connectivity index (χ4n) is 4.67. The smallest absolute Gasteiger partial charge is 0.256 e. The molecule has 5 rings (SSSR count). The van der Waals surface area contributed by atoms with Crippen molar-refractivity contribution in [3.05, 3.63) is 95.6 Å². The summed E-state index contributed by atoms with van der Waals surface area (Å²) in [5.74, 6) is -0.195. The molecule has 0 spiro atoms. The standard InChI is InChI=1S/C30H29N3O2/c1-21-14-15-27-25(18-21)26(20-28(32-27)22-10-5-4-6-11-22)29(34)31-24-13-9-12-23(19-24)30(35)33-16-7-2-3-8-17-33/h4-6,9-15,18-20H,2-3,7-8,16-17H2,1H3,(H,31,34). The van der Waals surface area contributed by atoms with Crippen molar-refractivity contribution < 1.29 is 9.59 Å². The van der Waals surface area contributed by atoms with Crippen LogP contribution in [0.15, 0.2) is 78.9 Å². The average molecular weight is 464 g/mol. The number of hydrogen-bond acceptors (Lipinski definition) is 3. The molecule has 176 valence electrons. The van der Waals surface area contributed by atoms with Gasteiger partial charge in [-0.15, -0.1) is 0 Å². The summed E-state index contributed by atoms with van der Waals surface area (Å²) in [6.07, 6.45) is 4.43. The van der Waals surface area contributed by atoms with Crippen LogP contribution >= 0.6 is 0 Å². The van der Waals surface area contributed by atoms with E-state index in [1.54, 1.807) is 6.07 Å². The highest BCUT2D eigenvalue weighted by molar-refractivity contribution is 6.13. The zero-order chi connectivity index (χ0) is 24.2.